The van der Waals surface area contributed by atoms with Crippen molar-refractivity contribution in [3.63, 3.8) is 0 Å². The number of methoxy groups -OCH3 is 1. The van der Waals surface area contributed by atoms with E-state index in [0.717, 1.165) is 16.7 Å². The van der Waals surface area contributed by atoms with Gasteiger partial charge in [-0.3, -0.25) is 9.59 Å². The largest absolute Gasteiger partial charge is 0.382 e. The number of halogens is 1. The quantitative estimate of drug-likeness (QED) is 0.797. The maximum atomic E-state index is 12.1. The monoisotopic (exact) mass is 360 g/mol. The van der Waals surface area contributed by atoms with E-state index in [4.69, 9.17) is 16.3 Å². The summed E-state index contributed by atoms with van der Waals surface area (Å²) in [5, 5.41) is 6.06. The van der Waals surface area contributed by atoms with Crippen LogP contribution in [0.5, 0.6) is 0 Å². The minimum Gasteiger partial charge on any atom is -0.382 e. The van der Waals surface area contributed by atoms with Crippen LogP contribution in [0.4, 0.5) is 0 Å². The lowest BCUT2D eigenvalue weighted by Crippen LogP contribution is -2.48. The van der Waals surface area contributed by atoms with Gasteiger partial charge in [-0.15, -0.1) is 0 Å². The molecular formula is C19H21ClN2O3. The summed E-state index contributed by atoms with van der Waals surface area (Å²) in [7, 11) is 1.48. The average Bonchev–Trinajstić information content (AvgIpc) is 2.59. The topological polar surface area (TPSA) is 67.4 Å². The number of amides is 2. The van der Waals surface area contributed by atoms with Crippen molar-refractivity contribution in [3.05, 3.63) is 59.1 Å². The van der Waals surface area contributed by atoms with Gasteiger partial charge in [-0.05, 0) is 28.8 Å². The molecule has 0 aromatic heterocycles. The summed E-state index contributed by atoms with van der Waals surface area (Å²) < 4.78 is 4.97. The molecule has 2 N–H and O–H groups in total. The van der Waals surface area contributed by atoms with Gasteiger partial charge in [0, 0.05) is 25.6 Å². The number of benzene rings is 2. The maximum absolute atomic E-state index is 12.1. The molecule has 0 spiro atoms. The number of rotatable bonds is 7. The van der Waals surface area contributed by atoms with E-state index in [1.165, 1.54) is 14.0 Å². The van der Waals surface area contributed by atoms with Crippen LogP contribution in [0.15, 0.2) is 48.5 Å². The molecule has 0 fully saturated rings. The van der Waals surface area contributed by atoms with E-state index in [0.29, 0.717) is 11.6 Å². The summed E-state index contributed by atoms with van der Waals surface area (Å²) in [4.78, 5) is 23.3. The van der Waals surface area contributed by atoms with E-state index in [-0.39, 0.29) is 18.4 Å². The summed E-state index contributed by atoms with van der Waals surface area (Å²) in [6.07, 6.45) is 0. The third kappa shape index (κ3) is 5.89. The highest BCUT2D eigenvalue weighted by atomic mass is 35.5. The predicted molar refractivity (Wildman–Crippen MR) is 98.2 cm³/mol. The molecule has 1 atom stereocenters. The van der Waals surface area contributed by atoms with Crippen molar-refractivity contribution >= 4 is 23.4 Å². The van der Waals surface area contributed by atoms with Crippen molar-refractivity contribution in [2.45, 2.75) is 19.5 Å². The maximum Gasteiger partial charge on any atom is 0.245 e. The molecule has 0 aliphatic carbocycles. The first-order chi connectivity index (χ1) is 12.0. The molecule has 6 heteroatoms. The summed E-state index contributed by atoms with van der Waals surface area (Å²) >= 11 is 6.01. The Morgan fingerprint density at radius 2 is 1.84 bits per heavy atom. The molecule has 2 amide bonds. The van der Waals surface area contributed by atoms with Crippen molar-refractivity contribution in [2.75, 3.05) is 13.7 Å². The van der Waals surface area contributed by atoms with Crippen LogP contribution in [0.25, 0.3) is 11.1 Å². The lowest BCUT2D eigenvalue weighted by molar-refractivity contribution is -0.129. The highest BCUT2D eigenvalue weighted by Crippen LogP contribution is 2.22. The van der Waals surface area contributed by atoms with E-state index < -0.39 is 6.04 Å². The molecule has 0 radical (unpaired) electrons. The smallest absolute Gasteiger partial charge is 0.245 e. The Morgan fingerprint density at radius 3 is 2.44 bits per heavy atom. The van der Waals surface area contributed by atoms with E-state index in [1.807, 2.05) is 48.5 Å². The van der Waals surface area contributed by atoms with Gasteiger partial charge in [-0.2, -0.15) is 0 Å². The first-order valence-corrected chi connectivity index (χ1v) is 8.26. The number of nitrogens with one attached hydrogen (secondary N) is 2. The number of carbonyl (C=O) groups excluding carboxylic acids is 2. The van der Waals surface area contributed by atoms with Crippen molar-refractivity contribution in [3.8, 4) is 11.1 Å². The number of hydrogen-bond donors (Lipinski definition) is 2. The fraction of sp³-hybridized carbons (Fsp3) is 0.263. The van der Waals surface area contributed by atoms with Gasteiger partial charge in [-0.1, -0.05) is 48.0 Å². The van der Waals surface area contributed by atoms with Crippen LogP contribution in [0.3, 0.4) is 0 Å². The number of carbonyl (C=O) groups is 2. The van der Waals surface area contributed by atoms with Gasteiger partial charge in [-0.25, -0.2) is 0 Å². The van der Waals surface area contributed by atoms with E-state index in [1.54, 1.807) is 0 Å². The van der Waals surface area contributed by atoms with Crippen LogP contribution in [0.1, 0.15) is 12.5 Å². The van der Waals surface area contributed by atoms with E-state index in [2.05, 4.69) is 10.6 Å². The molecular weight excluding hydrogens is 340 g/mol. The van der Waals surface area contributed by atoms with Crippen molar-refractivity contribution in [1.29, 1.82) is 0 Å². The summed E-state index contributed by atoms with van der Waals surface area (Å²) in [6.45, 7) is 1.86. The van der Waals surface area contributed by atoms with Crippen molar-refractivity contribution in [2.24, 2.45) is 0 Å². The standard InChI is InChI=1S/C19H21ClN2O3/c1-13(23)22-18(12-25-2)19(24)21-11-14-6-8-15(9-7-14)16-4-3-5-17(20)10-16/h3-10,18H,11-12H2,1-2H3,(H,21,24)(H,22,23)/t18-/m1/s1. The van der Waals surface area contributed by atoms with Crippen LogP contribution in [-0.2, 0) is 20.9 Å². The SMILES string of the molecule is COC[C@@H](NC(C)=O)C(=O)NCc1ccc(-c2cccc(Cl)c2)cc1. The Balaban J connectivity index is 1.96. The van der Waals surface area contributed by atoms with Gasteiger partial charge in [0.2, 0.25) is 11.8 Å². The third-order valence-electron chi connectivity index (χ3n) is 3.61. The molecule has 0 bridgehead atoms. The Bertz CT molecular complexity index is 732. The van der Waals surface area contributed by atoms with Crippen LogP contribution >= 0.6 is 11.6 Å². The molecule has 0 saturated heterocycles. The predicted octanol–water partition coefficient (Wildman–Crippen LogP) is 2.77. The second kappa shape index (κ2) is 9.20. The normalized spacial score (nSPS) is 11.6. The zero-order valence-corrected chi connectivity index (χ0v) is 15.0. The second-order valence-corrected chi connectivity index (χ2v) is 6.07. The van der Waals surface area contributed by atoms with Gasteiger partial charge in [0.25, 0.3) is 0 Å². The van der Waals surface area contributed by atoms with Gasteiger partial charge >= 0.3 is 0 Å². The highest BCUT2D eigenvalue weighted by Gasteiger charge is 2.18. The highest BCUT2D eigenvalue weighted by molar-refractivity contribution is 6.30. The van der Waals surface area contributed by atoms with Crippen LogP contribution in [-0.4, -0.2) is 31.6 Å². The average molecular weight is 361 g/mol. The summed E-state index contributed by atoms with van der Waals surface area (Å²) in [5.41, 5.74) is 3.04. The fourth-order valence-electron chi connectivity index (χ4n) is 2.39. The third-order valence-corrected chi connectivity index (χ3v) is 3.84. The molecule has 0 saturated carbocycles. The Kier molecular flexibility index (Phi) is 6.98. The van der Waals surface area contributed by atoms with E-state index in [9.17, 15) is 9.59 Å². The first-order valence-electron chi connectivity index (χ1n) is 7.88. The van der Waals surface area contributed by atoms with Gasteiger partial charge in [0.05, 0.1) is 6.61 Å². The first kappa shape index (κ1) is 19.0. The van der Waals surface area contributed by atoms with Gasteiger partial charge in [0.1, 0.15) is 6.04 Å². The van der Waals surface area contributed by atoms with Crippen LogP contribution in [0, 0.1) is 0 Å². The van der Waals surface area contributed by atoms with Crippen LogP contribution in [0.2, 0.25) is 5.02 Å². The molecule has 0 aliphatic heterocycles. The summed E-state index contributed by atoms with van der Waals surface area (Å²) in [5.74, 6) is -0.556. The molecule has 2 aromatic rings. The van der Waals surface area contributed by atoms with Gasteiger partial charge in [0.15, 0.2) is 0 Å². The molecule has 25 heavy (non-hydrogen) atoms. The zero-order chi connectivity index (χ0) is 18.2. The molecule has 0 heterocycles. The Morgan fingerprint density at radius 1 is 1.12 bits per heavy atom. The Hall–Kier alpha value is -2.37. The summed E-state index contributed by atoms with van der Waals surface area (Å²) in [6, 6.07) is 14.8. The minimum atomic E-state index is -0.701. The molecule has 132 valence electrons. The van der Waals surface area contributed by atoms with Crippen molar-refractivity contribution in [1.82, 2.24) is 10.6 Å². The fourth-order valence-corrected chi connectivity index (χ4v) is 2.58. The molecule has 0 unspecified atom stereocenters. The lowest BCUT2D eigenvalue weighted by Gasteiger charge is -2.16. The number of ether oxygens (including phenoxy) is 1. The zero-order valence-electron chi connectivity index (χ0n) is 14.2. The molecule has 2 aromatic carbocycles. The van der Waals surface area contributed by atoms with Gasteiger partial charge < -0.3 is 15.4 Å². The van der Waals surface area contributed by atoms with Crippen molar-refractivity contribution < 1.29 is 14.3 Å². The van der Waals surface area contributed by atoms with E-state index >= 15 is 0 Å². The molecule has 5 nitrogen and oxygen atoms in total. The lowest BCUT2D eigenvalue weighted by atomic mass is 10.0. The number of hydrogen-bond acceptors (Lipinski definition) is 3. The second-order valence-electron chi connectivity index (χ2n) is 5.63. The minimum absolute atomic E-state index is 0.124. The Labute approximate surface area is 152 Å². The molecule has 2 rings (SSSR count). The van der Waals surface area contributed by atoms with Crippen LogP contribution < -0.4 is 10.6 Å². The molecule has 0 aliphatic rings.